The molecule has 0 aliphatic carbocycles. The molecule has 2 aromatic carbocycles. The molecule has 3 nitrogen and oxygen atoms in total. The van der Waals surface area contributed by atoms with Gasteiger partial charge in [0.1, 0.15) is 5.75 Å². The van der Waals surface area contributed by atoms with E-state index < -0.39 is 0 Å². The van der Waals surface area contributed by atoms with Crippen molar-refractivity contribution in [2.24, 2.45) is 0 Å². The standard InChI is InChI=1S/C22H27NO2/c1-4-5-15-25-21-11-9-18(10-12-21)22(24)13-14-23-20-8-6-7-19(16-20)17(2)3/h6-14,16-17,23H,4-5,15H2,1-3H3. The molecule has 132 valence electrons. The zero-order valence-corrected chi connectivity index (χ0v) is 15.3. The van der Waals surface area contributed by atoms with E-state index in [-0.39, 0.29) is 5.78 Å². The van der Waals surface area contributed by atoms with Crippen LogP contribution in [0.3, 0.4) is 0 Å². The van der Waals surface area contributed by atoms with Crippen LogP contribution in [0.4, 0.5) is 5.69 Å². The number of ether oxygens (including phenoxy) is 1. The molecule has 0 atom stereocenters. The van der Waals surface area contributed by atoms with Gasteiger partial charge in [0.05, 0.1) is 6.61 Å². The van der Waals surface area contributed by atoms with Gasteiger partial charge in [-0.3, -0.25) is 4.79 Å². The van der Waals surface area contributed by atoms with E-state index >= 15 is 0 Å². The van der Waals surface area contributed by atoms with Crippen LogP contribution in [-0.2, 0) is 0 Å². The van der Waals surface area contributed by atoms with E-state index in [1.807, 2.05) is 24.3 Å². The number of benzene rings is 2. The normalized spacial score (nSPS) is 11.0. The summed E-state index contributed by atoms with van der Waals surface area (Å²) in [6.07, 6.45) is 5.38. The topological polar surface area (TPSA) is 38.3 Å². The monoisotopic (exact) mass is 337 g/mol. The molecule has 2 aromatic rings. The third kappa shape index (κ3) is 6.11. The second-order valence-corrected chi connectivity index (χ2v) is 6.35. The molecule has 0 fully saturated rings. The molecule has 0 saturated heterocycles. The Bertz CT molecular complexity index is 702. The first-order valence-electron chi connectivity index (χ1n) is 8.90. The number of allylic oxidation sites excluding steroid dienone is 1. The Morgan fingerprint density at radius 2 is 1.92 bits per heavy atom. The van der Waals surface area contributed by atoms with Crippen LogP contribution < -0.4 is 10.1 Å². The zero-order chi connectivity index (χ0) is 18.1. The third-order valence-corrected chi connectivity index (χ3v) is 3.94. The van der Waals surface area contributed by atoms with Gasteiger partial charge in [0.25, 0.3) is 0 Å². The maximum absolute atomic E-state index is 12.2. The largest absolute Gasteiger partial charge is 0.494 e. The fourth-order valence-corrected chi connectivity index (χ4v) is 2.35. The summed E-state index contributed by atoms with van der Waals surface area (Å²) in [4.78, 5) is 12.2. The maximum Gasteiger partial charge on any atom is 0.187 e. The Labute approximate surface area is 150 Å². The summed E-state index contributed by atoms with van der Waals surface area (Å²) in [5.74, 6) is 1.25. The van der Waals surface area contributed by atoms with Gasteiger partial charge in [-0.1, -0.05) is 39.3 Å². The molecular weight excluding hydrogens is 310 g/mol. The lowest BCUT2D eigenvalue weighted by Gasteiger charge is -2.07. The zero-order valence-electron chi connectivity index (χ0n) is 15.3. The predicted octanol–water partition coefficient (Wildman–Crippen LogP) is 5.80. The van der Waals surface area contributed by atoms with Crippen LogP contribution in [0.2, 0.25) is 0 Å². The van der Waals surface area contributed by atoms with Crippen molar-refractivity contribution in [3.8, 4) is 5.75 Å². The number of hydrogen-bond acceptors (Lipinski definition) is 3. The average molecular weight is 337 g/mol. The van der Waals surface area contributed by atoms with Crippen LogP contribution in [0.5, 0.6) is 5.75 Å². The number of carbonyl (C=O) groups is 1. The SMILES string of the molecule is CCCCOc1ccc(C(=O)C=CNc2cccc(C(C)C)c2)cc1. The molecule has 3 heteroatoms. The quantitative estimate of drug-likeness (QED) is 0.357. The van der Waals surface area contributed by atoms with Gasteiger partial charge >= 0.3 is 0 Å². The Hall–Kier alpha value is -2.55. The lowest BCUT2D eigenvalue weighted by Crippen LogP contribution is -1.99. The second-order valence-electron chi connectivity index (χ2n) is 6.35. The molecular formula is C22H27NO2. The first kappa shape index (κ1) is 18.8. The Morgan fingerprint density at radius 1 is 1.16 bits per heavy atom. The summed E-state index contributed by atoms with van der Waals surface area (Å²) in [6, 6.07) is 15.5. The number of carbonyl (C=O) groups excluding carboxylic acids is 1. The predicted molar refractivity (Wildman–Crippen MR) is 104 cm³/mol. The summed E-state index contributed by atoms with van der Waals surface area (Å²) >= 11 is 0. The molecule has 0 unspecified atom stereocenters. The first-order chi connectivity index (χ1) is 12.1. The molecule has 0 aliphatic heterocycles. The Balaban J connectivity index is 1.90. The van der Waals surface area contributed by atoms with Gasteiger partial charge in [-0.15, -0.1) is 0 Å². The van der Waals surface area contributed by atoms with Crippen molar-refractivity contribution in [2.75, 3.05) is 11.9 Å². The van der Waals surface area contributed by atoms with Gasteiger partial charge in [-0.2, -0.15) is 0 Å². The molecule has 2 rings (SSSR count). The number of rotatable bonds is 9. The van der Waals surface area contributed by atoms with Crippen LogP contribution in [0.1, 0.15) is 55.5 Å². The first-order valence-corrected chi connectivity index (χ1v) is 8.90. The van der Waals surface area contributed by atoms with Crippen molar-refractivity contribution >= 4 is 11.5 Å². The fourth-order valence-electron chi connectivity index (χ4n) is 2.35. The molecule has 1 N–H and O–H groups in total. The van der Waals surface area contributed by atoms with Crippen molar-refractivity contribution in [3.63, 3.8) is 0 Å². The van der Waals surface area contributed by atoms with E-state index in [4.69, 9.17) is 4.74 Å². The van der Waals surface area contributed by atoms with Crippen molar-refractivity contribution in [2.45, 2.75) is 39.5 Å². The van der Waals surface area contributed by atoms with Crippen LogP contribution in [-0.4, -0.2) is 12.4 Å². The number of ketones is 1. The van der Waals surface area contributed by atoms with Crippen molar-refractivity contribution in [1.29, 1.82) is 0 Å². The highest BCUT2D eigenvalue weighted by molar-refractivity contribution is 6.04. The van der Waals surface area contributed by atoms with Crippen molar-refractivity contribution in [3.05, 3.63) is 71.9 Å². The highest BCUT2D eigenvalue weighted by atomic mass is 16.5. The number of nitrogens with one attached hydrogen (secondary N) is 1. The molecule has 0 saturated carbocycles. The summed E-state index contributed by atoms with van der Waals surface area (Å²) in [7, 11) is 0. The molecule has 0 aromatic heterocycles. The van der Waals surface area contributed by atoms with Crippen LogP contribution in [0.15, 0.2) is 60.8 Å². The van der Waals surface area contributed by atoms with E-state index in [2.05, 4.69) is 38.2 Å². The van der Waals surface area contributed by atoms with Gasteiger partial charge in [0.15, 0.2) is 5.78 Å². The smallest absolute Gasteiger partial charge is 0.187 e. The van der Waals surface area contributed by atoms with Gasteiger partial charge in [0, 0.05) is 23.5 Å². The molecule has 25 heavy (non-hydrogen) atoms. The molecule has 0 spiro atoms. The minimum Gasteiger partial charge on any atom is -0.494 e. The molecule has 0 bridgehead atoms. The fraction of sp³-hybridized carbons (Fsp3) is 0.318. The minimum absolute atomic E-state index is 0.0346. The van der Waals surface area contributed by atoms with E-state index in [0.717, 1.165) is 24.3 Å². The lowest BCUT2D eigenvalue weighted by molar-refractivity contribution is 0.104. The summed E-state index contributed by atoms with van der Waals surface area (Å²) < 4.78 is 5.61. The van der Waals surface area contributed by atoms with Gasteiger partial charge in [0.2, 0.25) is 0 Å². The highest BCUT2D eigenvalue weighted by Crippen LogP contribution is 2.18. The highest BCUT2D eigenvalue weighted by Gasteiger charge is 2.03. The van der Waals surface area contributed by atoms with Gasteiger partial charge in [-0.05, 0) is 54.3 Å². The average Bonchev–Trinajstić information content (AvgIpc) is 2.62. The minimum atomic E-state index is -0.0346. The van der Waals surface area contributed by atoms with Gasteiger partial charge in [-0.25, -0.2) is 0 Å². The molecule has 0 heterocycles. The molecule has 0 radical (unpaired) electrons. The van der Waals surface area contributed by atoms with Gasteiger partial charge < -0.3 is 10.1 Å². The van der Waals surface area contributed by atoms with Crippen LogP contribution in [0.25, 0.3) is 0 Å². The summed E-state index contributed by atoms with van der Waals surface area (Å²) in [5.41, 5.74) is 2.90. The maximum atomic E-state index is 12.2. The van der Waals surface area contributed by atoms with Crippen LogP contribution >= 0.6 is 0 Å². The number of hydrogen-bond donors (Lipinski definition) is 1. The van der Waals surface area contributed by atoms with E-state index in [1.165, 1.54) is 5.56 Å². The van der Waals surface area contributed by atoms with E-state index in [9.17, 15) is 4.79 Å². The van der Waals surface area contributed by atoms with E-state index in [0.29, 0.717) is 18.1 Å². The third-order valence-electron chi connectivity index (χ3n) is 3.94. The number of anilines is 1. The number of unbranched alkanes of at least 4 members (excludes halogenated alkanes) is 1. The van der Waals surface area contributed by atoms with Crippen molar-refractivity contribution in [1.82, 2.24) is 0 Å². The second kappa shape index (κ2) is 9.67. The summed E-state index contributed by atoms with van der Waals surface area (Å²) in [6.45, 7) is 7.16. The van der Waals surface area contributed by atoms with Crippen molar-refractivity contribution < 1.29 is 9.53 Å². The Kier molecular flexibility index (Phi) is 7.27. The van der Waals surface area contributed by atoms with Crippen LogP contribution in [0, 0.1) is 0 Å². The Morgan fingerprint density at radius 3 is 2.60 bits per heavy atom. The summed E-state index contributed by atoms with van der Waals surface area (Å²) in [5, 5.41) is 3.16. The molecule has 0 amide bonds. The molecule has 0 aliphatic rings. The lowest BCUT2D eigenvalue weighted by atomic mass is 10.0. The van der Waals surface area contributed by atoms with E-state index in [1.54, 1.807) is 24.4 Å².